The maximum atomic E-state index is 12.3. The molecule has 9 nitrogen and oxygen atoms in total. The van der Waals surface area contributed by atoms with Gasteiger partial charge in [-0.25, -0.2) is 0 Å². The minimum atomic E-state index is -0.262. The topological polar surface area (TPSA) is 108 Å². The molecule has 3 amide bonds. The fraction of sp³-hybridized carbons (Fsp3) is 0.412. The van der Waals surface area contributed by atoms with Gasteiger partial charge in [-0.15, -0.1) is 11.3 Å². The zero-order chi connectivity index (χ0) is 20.1. The van der Waals surface area contributed by atoms with Crippen LogP contribution in [-0.4, -0.2) is 71.9 Å². The maximum Gasteiger partial charge on any atom is 0.261 e. The predicted octanol–water partition coefficient (Wildman–Crippen LogP) is 1.32. The van der Waals surface area contributed by atoms with Crippen LogP contribution in [0.3, 0.4) is 0 Å². The van der Waals surface area contributed by atoms with E-state index < -0.39 is 0 Å². The summed E-state index contributed by atoms with van der Waals surface area (Å²) in [6.45, 7) is 4.12. The third kappa shape index (κ3) is 5.63. The van der Waals surface area contributed by atoms with Crippen LogP contribution >= 0.6 is 27.3 Å². The summed E-state index contributed by atoms with van der Waals surface area (Å²) in [5.74, 6) is 0.446. The summed E-state index contributed by atoms with van der Waals surface area (Å²) in [6.07, 6.45) is 0. The second-order valence-electron chi connectivity index (χ2n) is 6.31. The lowest BCUT2D eigenvalue weighted by Gasteiger charge is -2.34. The lowest BCUT2D eigenvalue weighted by atomic mass is 10.3. The lowest BCUT2D eigenvalue weighted by Crippen LogP contribution is -2.52. The van der Waals surface area contributed by atoms with Crippen molar-refractivity contribution in [1.29, 1.82) is 0 Å². The Bertz CT molecular complexity index is 859. The molecule has 0 atom stereocenters. The van der Waals surface area contributed by atoms with Crippen LogP contribution in [0.25, 0.3) is 0 Å². The molecule has 2 aromatic rings. The lowest BCUT2D eigenvalue weighted by molar-refractivity contribution is -0.132. The number of amides is 3. The number of carbonyl (C=O) groups is 3. The summed E-state index contributed by atoms with van der Waals surface area (Å²) in [5, 5.41) is 9.05. The summed E-state index contributed by atoms with van der Waals surface area (Å²) in [4.78, 5) is 40.6. The van der Waals surface area contributed by atoms with Gasteiger partial charge in [-0.3, -0.25) is 19.3 Å². The number of aromatic nitrogens is 1. The number of hydrogen-bond acceptors (Lipinski definition) is 7. The third-order valence-electron chi connectivity index (χ3n) is 4.18. The first kappa shape index (κ1) is 20.5. The highest BCUT2D eigenvalue weighted by molar-refractivity contribution is 9.11. The molecule has 28 heavy (non-hydrogen) atoms. The van der Waals surface area contributed by atoms with Gasteiger partial charge < -0.3 is 20.1 Å². The first-order valence-electron chi connectivity index (χ1n) is 8.67. The molecule has 0 saturated carbocycles. The molecule has 2 N–H and O–H groups in total. The van der Waals surface area contributed by atoms with Crippen molar-refractivity contribution in [2.24, 2.45) is 0 Å². The van der Waals surface area contributed by atoms with Crippen LogP contribution in [0.4, 0.5) is 5.82 Å². The van der Waals surface area contributed by atoms with Crippen LogP contribution < -0.4 is 10.6 Å². The molecule has 0 aliphatic carbocycles. The van der Waals surface area contributed by atoms with E-state index in [-0.39, 0.29) is 30.8 Å². The van der Waals surface area contributed by atoms with E-state index >= 15 is 0 Å². The summed E-state index contributed by atoms with van der Waals surface area (Å²) in [6, 6.07) is 5.15. The molecule has 1 aliphatic rings. The Morgan fingerprint density at radius 1 is 1.25 bits per heavy atom. The molecule has 11 heteroatoms. The van der Waals surface area contributed by atoms with E-state index in [2.05, 4.69) is 31.7 Å². The zero-order valence-corrected chi connectivity index (χ0v) is 17.6. The van der Waals surface area contributed by atoms with Crippen molar-refractivity contribution in [2.45, 2.75) is 6.92 Å². The number of piperazine rings is 1. The molecule has 2 aromatic heterocycles. The van der Waals surface area contributed by atoms with Crippen molar-refractivity contribution in [2.75, 3.05) is 44.6 Å². The third-order valence-corrected chi connectivity index (χ3v) is 5.81. The summed E-state index contributed by atoms with van der Waals surface area (Å²) < 4.78 is 5.77. The molecule has 3 heterocycles. The first-order valence-corrected chi connectivity index (χ1v) is 10.3. The Balaban J connectivity index is 1.37. The smallest absolute Gasteiger partial charge is 0.261 e. The van der Waals surface area contributed by atoms with Gasteiger partial charge in [-0.05, 0) is 35.0 Å². The maximum absolute atomic E-state index is 12.3. The SMILES string of the molecule is Cc1cc(NC(=O)CN2CCN(C(=O)CNC(=O)c3ccc(Br)s3)CC2)no1. The van der Waals surface area contributed by atoms with Crippen molar-refractivity contribution in [3.63, 3.8) is 0 Å². The number of thiophene rings is 1. The summed E-state index contributed by atoms with van der Waals surface area (Å²) >= 11 is 4.62. The van der Waals surface area contributed by atoms with Gasteiger partial charge in [-0.2, -0.15) is 0 Å². The number of nitrogens with zero attached hydrogens (tertiary/aromatic N) is 3. The fourth-order valence-electron chi connectivity index (χ4n) is 2.76. The van der Waals surface area contributed by atoms with Gasteiger partial charge in [0.15, 0.2) is 5.82 Å². The van der Waals surface area contributed by atoms with Gasteiger partial charge in [0.05, 0.1) is 21.8 Å². The Labute approximate surface area is 174 Å². The van der Waals surface area contributed by atoms with Crippen LogP contribution in [0, 0.1) is 6.92 Å². The molecule has 150 valence electrons. The molecule has 1 saturated heterocycles. The highest BCUT2D eigenvalue weighted by Crippen LogP contribution is 2.21. The molecule has 0 spiro atoms. The quantitative estimate of drug-likeness (QED) is 0.660. The molecule has 0 aromatic carbocycles. The Hall–Kier alpha value is -2.24. The second-order valence-corrected chi connectivity index (χ2v) is 8.78. The van der Waals surface area contributed by atoms with Crippen LogP contribution in [0.2, 0.25) is 0 Å². The van der Waals surface area contributed by atoms with E-state index in [4.69, 9.17) is 4.52 Å². The number of anilines is 1. The number of aryl methyl sites for hydroxylation is 1. The molecule has 0 radical (unpaired) electrons. The van der Waals surface area contributed by atoms with E-state index in [9.17, 15) is 14.4 Å². The van der Waals surface area contributed by atoms with E-state index in [0.717, 1.165) is 3.79 Å². The molecular weight excluding hydrogens is 450 g/mol. The van der Waals surface area contributed by atoms with Crippen LogP contribution in [0.15, 0.2) is 26.5 Å². The number of carbonyl (C=O) groups excluding carboxylic acids is 3. The Kier molecular flexibility index (Phi) is 6.81. The average Bonchev–Trinajstić information content (AvgIpc) is 3.28. The van der Waals surface area contributed by atoms with E-state index in [1.165, 1.54) is 11.3 Å². The normalized spacial score (nSPS) is 14.7. The van der Waals surface area contributed by atoms with E-state index in [1.807, 2.05) is 4.90 Å². The van der Waals surface area contributed by atoms with Gasteiger partial charge >= 0.3 is 0 Å². The van der Waals surface area contributed by atoms with Crippen molar-refractivity contribution in [3.8, 4) is 0 Å². The van der Waals surface area contributed by atoms with Crippen LogP contribution in [0.1, 0.15) is 15.4 Å². The molecule has 1 aliphatic heterocycles. The monoisotopic (exact) mass is 469 g/mol. The number of nitrogens with one attached hydrogen (secondary N) is 2. The number of hydrogen-bond donors (Lipinski definition) is 2. The predicted molar refractivity (Wildman–Crippen MR) is 107 cm³/mol. The van der Waals surface area contributed by atoms with E-state index in [1.54, 1.807) is 30.0 Å². The van der Waals surface area contributed by atoms with Crippen molar-refractivity contribution < 1.29 is 18.9 Å². The molecule has 0 bridgehead atoms. The molecular formula is C17H20BrN5O4S. The first-order chi connectivity index (χ1) is 13.4. The van der Waals surface area contributed by atoms with Crippen molar-refractivity contribution >= 4 is 50.8 Å². The molecule has 3 rings (SSSR count). The molecule has 0 unspecified atom stereocenters. The minimum absolute atomic E-state index is 0.0413. The Morgan fingerprint density at radius 2 is 2.00 bits per heavy atom. The Morgan fingerprint density at radius 3 is 2.61 bits per heavy atom. The minimum Gasteiger partial charge on any atom is -0.360 e. The number of halogens is 1. The molecule has 1 fully saturated rings. The largest absolute Gasteiger partial charge is 0.360 e. The highest BCUT2D eigenvalue weighted by Gasteiger charge is 2.23. The van der Waals surface area contributed by atoms with Crippen molar-refractivity contribution in [1.82, 2.24) is 20.3 Å². The van der Waals surface area contributed by atoms with Crippen molar-refractivity contribution in [3.05, 3.63) is 32.6 Å². The summed E-state index contributed by atoms with van der Waals surface area (Å²) in [5.41, 5.74) is 0. The van der Waals surface area contributed by atoms with Gasteiger partial charge in [0.25, 0.3) is 5.91 Å². The number of rotatable bonds is 6. The fourth-order valence-corrected chi connectivity index (χ4v) is 4.06. The van der Waals surface area contributed by atoms with Crippen LogP contribution in [0.5, 0.6) is 0 Å². The second kappa shape index (κ2) is 9.30. The zero-order valence-electron chi connectivity index (χ0n) is 15.2. The van der Waals surface area contributed by atoms with Crippen LogP contribution in [-0.2, 0) is 9.59 Å². The average molecular weight is 470 g/mol. The standard InChI is InChI=1S/C17H20BrN5O4S/c1-11-8-14(21-27-11)20-15(24)10-22-4-6-23(7-5-22)16(25)9-19-17(26)12-2-3-13(18)28-12/h2-3,8H,4-7,9-10H2,1H3,(H,19,26)(H,20,21,24). The summed E-state index contributed by atoms with van der Waals surface area (Å²) in [7, 11) is 0. The van der Waals surface area contributed by atoms with E-state index in [0.29, 0.717) is 42.6 Å². The van der Waals surface area contributed by atoms with Gasteiger partial charge in [0.2, 0.25) is 11.8 Å². The highest BCUT2D eigenvalue weighted by atomic mass is 79.9. The van der Waals surface area contributed by atoms with Gasteiger partial charge in [-0.1, -0.05) is 5.16 Å². The van der Waals surface area contributed by atoms with Gasteiger partial charge in [0.1, 0.15) is 5.76 Å². The van der Waals surface area contributed by atoms with Gasteiger partial charge in [0, 0.05) is 32.2 Å².